The van der Waals surface area contributed by atoms with E-state index in [0.29, 0.717) is 0 Å². The topological polar surface area (TPSA) is 58.9 Å². The third-order valence-corrected chi connectivity index (χ3v) is 1.40. The van der Waals surface area contributed by atoms with Gasteiger partial charge in [-0.05, 0) is 5.57 Å². The Bertz CT molecular complexity index is 250. The van der Waals surface area contributed by atoms with Crippen LogP contribution in [0.5, 0.6) is 0 Å². The van der Waals surface area contributed by atoms with E-state index in [1.165, 1.54) is 12.2 Å². The summed E-state index contributed by atoms with van der Waals surface area (Å²) in [5, 5.41) is 0. The first-order chi connectivity index (χ1) is 5.85. The van der Waals surface area contributed by atoms with Gasteiger partial charge in [-0.15, -0.1) is 11.6 Å². The average Bonchev–Trinajstić information content (AvgIpc) is 2.11. The normalized spacial score (nSPS) is 9.92. The molecule has 0 saturated heterocycles. The van der Waals surface area contributed by atoms with E-state index in [-0.39, 0.29) is 19.0 Å². The predicted molar refractivity (Wildman–Crippen MR) is 44.8 cm³/mol. The largest absolute Gasteiger partial charge is 0.235 e. The van der Waals surface area contributed by atoms with E-state index in [1.807, 2.05) is 0 Å². The molecule has 0 bridgehead atoms. The molecule has 0 aromatic rings. The maximum atomic E-state index is 9.71. The van der Waals surface area contributed by atoms with Crippen LogP contribution in [0.25, 0.3) is 0 Å². The van der Waals surface area contributed by atoms with E-state index >= 15 is 0 Å². The van der Waals surface area contributed by atoms with Crippen molar-refractivity contribution in [2.45, 2.75) is 0 Å². The lowest BCUT2D eigenvalue weighted by Crippen LogP contribution is -1.91. The van der Waals surface area contributed by atoms with Crippen molar-refractivity contribution in [3.63, 3.8) is 0 Å². The van der Waals surface area contributed by atoms with E-state index in [9.17, 15) is 9.59 Å². The molecule has 0 saturated carbocycles. The Labute approximate surface area is 74.7 Å². The Kier molecular flexibility index (Phi) is 7.10. The predicted octanol–water partition coefficient (Wildman–Crippen LogP) is 0.823. The fourth-order valence-corrected chi connectivity index (χ4v) is 0.701. The zero-order valence-corrected chi connectivity index (χ0v) is 7.04. The number of nitrogens with zero attached hydrogens (tertiary/aromatic N) is 2. The number of rotatable bonds is 5. The number of alkyl halides is 1. The van der Waals surface area contributed by atoms with Crippen molar-refractivity contribution in [2.24, 2.45) is 9.98 Å². The van der Waals surface area contributed by atoms with Crippen molar-refractivity contribution in [1.29, 1.82) is 0 Å². The monoisotopic (exact) mass is 186 g/mol. The zero-order valence-electron chi connectivity index (χ0n) is 6.29. The number of hydrogen-bond acceptors (Lipinski definition) is 4. The summed E-state index contributed by atoms with van der Waals surface area (Å²) in [5.41, 5.74) is 0.735. The Morgan fingerprint density at radius 2 is 2.00 bits per heavy atom. The van der Waals surface area contributed by atoms with Crippen LogP contribution in [0.4, 0.5) is 0 Å². The highest BCUT2D eigenvalue weighted by molar-refractivity contribution is 6.19. The van der Waals surface area contributed by atoms with Crippen molar-refractivity contribution in [3.05, 3.63) is 11.6 Å². The molecule has 0 radical (unpaired) electrons. The highest BCUT2D eigenvalue weighted by Gasteiger charge is 1.91. The van der Waals surface area contributed by atoms with Crippen LogP contribution in [0.15, 0.2) is 21.6 Å². The van der Waals surface area contributed by atoms with Gasteiger partial charge >= 0.3 is 0 Å². The third-order valence-electron chi connectivity index (χ3n) is 1.05. The first-order valence-corrected chi connectivity index (χ1v) is 3.69. The van der Waals surface area contributed by atoms with Gasteiger partial charge in [-0.2, -0.15) is 0 Å². The molecule has 64 valence electrons. The van der Waals surface area contributed by atoms with Crippen molar-refractivity contribution in [2.75, 3.05) is 19.0 Å². The summed E-state index contributed by atoms with van der Waals surface area (Å²) >= 11 is 5.48. The van der Waals surface area contributed by atoms with E-state index in [1.54, 1.807) is 6.08 Å². The van der Waals surface area contributed by atoms with Gasteiger partial charge in [0, 0.05) is 5.88 Å². The van der Waals surface area contributed by atoms with E-state index in [0.717, 1.165) is 5.57 Å². The molecule has 0 heterocycles. The molecule has 12 heavy (non-hydrogen) atoms. The van der Waals surface area contributed by atoms with Gasteiger partial charge < -0.3 is 0 Å². The average molecular weight is 187 g/mol. The van der Waals surface area contributed by atoms with Crippen LogP contribution in [0.1, 0.15) is 0 Å². The first-order valence-electron chi connectivity index (χ1n) is 3.16. The Hall–Kier alpha value is -1.21. The Morgan fingerprint density at radius 1 is 1.33 bits per heavy atom. The Morgan fingerprint density at radius 3 is 2.50 bits per heavy atom. The molecule has 0 amide bonds. The third kappa shape index (κ3) is 5.57. The van der Waals surface area contributed by atoms with Gasteiger partial charge in [0.25, 0.3) is 0 Å². The first kappa shape index (κ1) is 10.8. The van der Waals surface area contributed by atoms with Gasteiger partial charge in [-0.25, -0.2) is 19.6 Å². The Balaban J connectivity index is 4.02. The molecule has 5 heteroatoms. The molecule has 0 aromatic carbocycles. The molecule has 0 aromatic heterocycles. The summed E-state index contributed by atoms with van der Waals surface area (Å²) in [7, 11) is 0. The molecule has 0 aliphatic carbocycles. The van der Waals surface area contributed by atoms with Crippen molar-refractivity contribution in [3.8, 4) is 0 Å². The second-order valence-corrected chi connectivity index (χ2v) is 2.10. The molecule has 0 atom stereocenters. The maximum Gasteiger partial charge on any atom is 0.235 e. The number of halogens is 1. The fraction of sp³-hybridized carbons (Fsp3) is 0.429. The van der Waals surface area contributed by atoms with E-state index < -0.39 is 0 Å². The van der Waals surface area contributed by atoms with Gasteiger partial charge in [0.15, 0.2) is 0 Å². The molecule has 4 nitrogen and oxygen atoms in total. The van der Waals surface area contributed by atoms with E-state index in [2.05, 4.69) is 9.98 Å². The molecular weight excluding hydrogens is 180 g/mol. The molecule has 0 spiro atoms. The minimum Gasteiger partial charge on any atom is -0.211 e. The van der Waals surface area contributed by atoms with Gasteiger partial charge in [-0.1, -0.05) is 6.08 Å². The summed E-state index contributed by atoms with van der Waals surface area (Å²) in [6, 6.07) is 0. The molecule has 0 fully saturated rings. The van der Waals surface area contributed by atoms with Gasteiger partial charge in [0.2, 0.25) is 12.2 Å². The smallest absolute Gasteiger partial charge is 0.211 e. The lowest BCUT2D eigenvalue weighted by molar-refractivity contribution is 0.562. The van der Waals surface area contributed by atoms with Crippen molar-refractivity contribution >= 4 is 23.8 Å². The second kappa shape index (κ2) is 7.89. The van der Waals surface area contributed by atoms with E-state index in [4.69, 9.17) is 11.6 Å². The SMILES string of the molecule is O=C=NCC=C(CCl)CN=C=O. The highest BCUT2D eigenvalue weighted by Crippen LogP contribution is 1.97. The van der Waals surface area contributed by atoms with Crippen LogP contribution in [0, 0.1) is 0 Å². The van der Waals surface area contributed by atoms with Crippen LogP contribution >= 0.6 is 11.6 Å². The summed E-state index contributed by atoms with van der Waals surface area (Å²) in [4.78, 5) is 26.0. The quantitative estimate of drug-likeness (QED) is 0.276. The van der Waals surface area contributed by atoms with Gasteiger partial charge in [-0.3, -0.25) is 0 Å². The molecule has 0 unspecified atom stereocenters. The number of carbonyl (C=O) groups excluding carboxylic acids is 2. The van der Waals surface area contributed by atoms with Crippen LogP contribution in [-0.2, 0) is 9.59 Å². The van der Waals surface area contributed by atoms with Crippen LogP contribution in [0.3, 0.4) is 0 Å². The minimum absolute atomic E-state index is 0.210. The van der Waals surface area contributed by atoms with Crippen LogP contribution in [-0.4, -0.2) is 31.1 Å². The number of hydrogen-bond donors (Lipinski definition) is 0. The van der Waals surface area contributed by atoms with Gasteiger partial charge in [0.05, 0.1) is 13.1 Å². The van der Waals surface area contributed by atoms with Gasteiger partial charge in [0.1, 0.15) is 0 Å². The number of isocyanates is 2. The molecular formula is C7H7ClN2O2. The highest BCUT2D eigenvalue weighted by atomic mass is 35.5. The summed E-state index contributed by atoms with van der Waals surface area (Å²) in [6.07, 6.45) is 4.40. The molecule has 0 rings (SSSR count). The molecule has 0 aliphatic rings. The second-order valence-electron chi connectivity index (χ2n) is 1.84. The van der Waals surface area contributed by atoms with Crippen molar-refractivity contribution in [1.82, 2.24) is 0 Å². The molecule has 0 aliphatic heterocycles. The zero-order chi connectivity index (χ0) is 9.23. The lowest BCUT2D eigenvalue weighted by atomic mass is 10.3. The fourth-order valence-electron chi connectivity index (χ4n) is 0.507. The lowest BCUT2D eigenvalue weighted by Gasteiger charge is -1.93. The number of aliphatic imine (C=N–C) groups is 2. The summed E-state index contributed by atoms with van der Waals surface area (Å²) in [6.45, 7) is 0.432. The summed E-state index contributed by atoms with van der Waals surface area (Å²) in [5.74, 6) is 0.263. The minimum atomic E-state index is 0.210. The maximum absolute atomic E-state index is 9.71. The van der Waals surface area contributed by atoms with Crippen molar-refractivity contribution < 1.29 is 9.59 Å². The van der Waals surface area contributed by atoms with Crippen LogP contribution in [0.2, 0.25) is 0 Å². The van der Waals surface area contributed by atoms with Crippen LogP contribution < -0.4 is 0 Å². The standard InChI is InChI=1S/C7H7ClN2O2/c8-3-7(4-10-6-12)1-2-9-5-11/h1H,2-4H2. The molecule has 0 N–H and O–H groups in total. The summed E-state index contributed by atoms with van der Waals surface area (Å²) < 4.78 is 0.